The Labute approximate surface area is 158 Å². The third kappa shape index (κ3) is 4.86. The van der Waals surface area contributed by atoms with Crippen LogP contribution in [0.2, 0.25) is 5.02 Å². The molecule has 1 aromatic heterocycles. The van der Waals surface area contributed by atoms with Gasteiger partial charge in [-0.05, 0) is 42.5 Å². The van der Waals surface area contributed by atoms with Crippen LogP contribution >= 0.6 is 23.4 Å². The Kier molecular flexibility index (Phi) is 6.54. The average molecular weight is 372 g/mol. The summed E-state index contributed by atoms with van der Waals surface area (Å²) in [5.74, 6) is 0.500. The summed E-state index contributed by atoms with van der Waals surface area (Å²) in [5.41, 5.74) is 1.40. The lowest BCUT2D eigenvalue weighted by Gasteiger charge is -2.20. The molecular weight excluding hydrogens is 350 g/mol. The molecule has 0 radical (unpaired) electrons. The monoisotopic (exact) mass is 371 g/mol. The third-order valence-corrected chi connectivity index (χ3v) is 5.84. The normalized spacial score (nSPS) is 12.2. The van der Waals surface area contributed by atoms with Crippen LogP contribution < -0.4 is 0 Å². The number of hydrogen-bond acceptors (Lipinski definition) is 3. The number of nitrogens with zero attached hydrogens (tertiary/aromatic N) is 3. The highest BCUT2D eigenvalue weighted by Crippen LogP contribution is 2.39. The molecule has 2 aromatic carbocycles. The maximum Gasteiger partial charge on any atom is 0.137 e. The highest BCUT2D eigenvalue weighted by atomic mass is 35.5. The molecule has 5 heteroatoms. The predicted molar refractivity (Wildman–Crippen MR) is 104 cm³/mol. The SMILES string of the molecule is CCCC(CCn1cncn1)c1ccccc1Sc1ccccc1Cl. The van der Waals surface area contributed by atoms with E-state index in [1.165, 1.54) is 10.5 Å². The Morgan fingerprint density at radius 1 is 1.04 bits per heavy atom. The Hall–Kier alpha value is -1.78. The van der Waals surface area contributed by atoms with E-state index in [0.29, 0.717) is 5.92 Å². The first-order chi connectivity index (χ1) is 12.3. The van der Waals surface area contributed by atoms with Crippen molar-refractivity contribution in [3.63, 3.8) is 0 Å². The molecule has 130 valence electrons. The van der Waals surface area contributed by atoms with Gasteiger partial charge in [0.1, 0.15) is 12.7 Å². The van der Waals surface area contributed by atoms with Gasteiger partial charge >= 0.3 is 0 Å². The largest absolute Gasteiger partial charge is 0.253 e. The van der Waals surface area contributed by atoms with E-state index in [9.17, 15) is 0 Å². The van der Waals surface area contributed by atoms with E-state index < -0.39 is 0 Å². The molecule has 0 N–H and O–H groups in total. The van der Waals surface area contributed by atoms with Crippen molar-refractivity contribution < 1.29 is 0 Å². The zero-order valence-corrected chi connectivity index (χ0v) is 15.9. The number of rotatable bonds is 8. The first kappa shape index (κ1) is 18.0. The van der Waals surface area contributed by atoms with Crippen LogP contribution in [0, 0.1) is 0 Å². The molecular formula is C20H22ClN3S. The number of aryl methyl sites for hydroxylation is 1. The van der Waals surface area contributed by atoms with Gasteiger partial charge in [0.25, 0.3) is 0 Å². The van der Waals surface area contributed by atoms with E-state index in [1.807, 2.05) is 22.9 Å². The fourth-order valence-corrected chi connectivity index (χ4v) is 4.30. The number of hydrogen-bond donors (Lipinski definition) is 0. The minimum Gasteiger partial charge on any atom is -0.253 e. The van der Waals surface area contributed by atoms with Crippen molar-refractivity contribution in [3.05, 3.63) is 71.8 Å². The van der Waals surface area contributed by atoms with Crippen LogP contribution in [0.15, 0.2) is 71.0 Å². The molecule has 3 rings (SSSR count). The molecule has 0 bridgehead atoms. The molecule has 0 aliphatic carbocycles. The third-order valence-electron chi connectivity index (χ3n) is 4.23. The van der Waals surface area contributed by atoms with E-state index in [4.69, 9.17) is 11.6 Å². The number of aromatic nitrogens is 3. The predicted octanol–water partition coefficient (Wildman–Crippen LogP) is 6.06. The lowest BCUT2D eigenvalue weighted by molar-refractivity contribution is 0.484. The summed E-state index contributed by atoms with van der Waals surface area (Å²) < 4.78 is 1.91. The van der Waals surface area contributed by atoms with Gasteiger partial charge in [0, 0.05) is 16.3 Å². The highest BCUT2D eigenvalue weighted by Gasteiger charge is 2.16. The van der Waals surface area contributed by atoms with Crippen LogP contribution in [0.25, 0.3) is 0 Å². The van der Waals surface area contributed by atoms with Gasteiger partial charge in [-0.15, -0.1) is 0 Å². The molecule has 0 aliphatic heterocycles. The maximum absolute atomic E-state index is 6.36. The molecule has 3 aromatic rings. The Bertz CT molecular complexity index is 789. The van der Waals surface area contributed by atoms with Crippen LogP contribution in [0.3, 0.4) is 0 Å². The van der Waals surface area contributed by atoms with Crippen LogP contribution in [-0.2, 0) is 6.54 Å². The van der Waals surface area contributed by atoms with Crippen LogP contribution in [0.1, 0.15) is 37.7 Å². The first-order valence-electron chi connectivity index (χ1n) is 8.61. The van der Waals surface area contributed by atoms with Gasteiger partial charge in [-0.3, -0.25) is 4.68 Å². The van der Waals surface area contributed by atoms with Crippen molar-refractivity contribution in [2.45, 2.75) is 48.4 Å². The van der Waals surface area contributed by atoms with Crippen molar-refractivity contribution in [2.75, 3.05) is 0 Å². The second-order valence-corrected chi connectivity index (χ2v) is 7.49. The van der Waals surface area contributed by atoms with Crippen LogP contribution in [0.4, 0.5) is 0 Å². The van der Waals surface area contributed by atoms with Gasteiger partial charge < -0.3 is 0 Å². The lowest BCUT2D eigenvalue weighted by atomic mass is 9.91. The highest BCUT2D eigenvalue weighted by molar-refractivity contribution is 7.99. The zero-order valence-electron chi connectivity index (χ0n) is 14.3. The molecule has 0 saturated heterocycles. The molecule has 3 nitrogen and oxygen atoms in total. The van der Waals surface area contributed by atoms with Crippen molar-refractivity contribution in [3.8, 4) is 0 Å². The van der Waals surface area contributed by atoms with Crippen LogP contribution in [0.5, 0.6) is 0 Å². The molecule has 0 aliphatic rings. The van der Waals surface area contributed by atoms with Crippen molar-refractivity contribution in [1.82, 2.24) is 14.8 Å². The minimum absolute atomic E-state index is 0.500. The summed E-state index contributed by atoms with van der Waals surface area (Å²) in [7, 11) is 0. The van der Waals surface area contributed by atoms with Crippen LogP contribution in [-0.4, -0.2) is 14.8 Å². The van der Waals surface area contributed by atoms with Gasteiger partial charge in [0.15, 0.2) is 0 Å². The summed E-state index contributed by atoms with van der Waals surface area (Å²) in [4.78, 5) is 6.42. The molecule has 25 heavy (non-hydrogen) atoms. The first-order valence-corrected chi connectivity index (χ1v) is 9.81. The Morgan fingerprint density at radius 3 is 2.52 bits per heavy atom. The van der Waals surface area contributed by atoms with E-state index in [0.717, 1.165) is 35.7 Å². The summed E-state index contributed by atoms with van der Waals surface area (Å²) in [6, 6.07) is 16.7. The Morgan fingerprint density at radius 2 is 1.80 bits per heavy atom. The van der Waals surface area contributed by atoms with E-state index in [-0.39, 0.29) is 0 Å². The average Bonchev–Trinajstić information content (AvgIpc) is 3.15. The minimum atomic E-state index is 0.500. The molecule has 0 spiro atoms. The zero-order chi connectivity index (χ0) is 17.5. The lowest BCUT2D eigenvalue weighted by Crippen LogP contribution is -2.07. The van der Waals surface area contributed by atoms with Gasteiger partial charge in [0.2, 0.25) is 0 Å². The van der Waals surface area contributed by atoms with Gasteiger partial charge in [-0.1, -0.05) is 67.0 Å². The smallest absolute Gasteiger partial charge is 0.137 e. The van der Waals surface area contributed by atoms with Gasteiger partial charge in [-0.25, -0.2) is 4.98 Å². The summed E-state index contributed by atoms with van der Waals surface area (Å²) in [6.45, 7) is 3.13. The van der Waals surface area contributed by atoms with E-state index >= 15 is 0 Å². The molecule has 1 unspecified atom stereocenters. The number of benzene rings is 2. The summed E-state index contributed by atoms with van der Waals surface area (Å²) in [5, 5.41) is 5.03. The van der Waals surface area contributed by atoms with Gasteiger partial charge in [-0.2, -0.15) is 5.10 Å². The molecule has 0 saturated carbocycles. The van der Waals surface area contributed by atoms with E-state index in [1.54, 1.807) is 24.4 Å². The fourth-order valence-electron chi connectivity index (χ4n) is 3.00. The molecule has 0 fully saturated rings. The molecule has 1 heterocycles. The fraction of sp³-hybridized carbons (Fsp3) is 0.300. The standard InChI is InChI=1S/C20H22ClN3S/c1-2-7-16(12-13-24-15-22-14-23-24)17-8-3-5-10-19(17)25-20-11-6-4-9-18(20)21/h3-6,8-11,14-16H,2,7,12-13H2,1H3. The van der Waals surface area contributed by atoms with E-state index in [2.05, 4.69) is 47.3 Å². The Balaban J connectivity index is 1.82. The topological polar surface area (TPSA) is 30.7 Å². The molecule has 0 amide bonds. The second kappa shape index (κ2) is 9.07. The summed E-state index contributed by atoms with van der Waals surface area (Å²) in [6.07, 6.45) is 6.75. The van der Waals surface area contributed by atoms with Crippen molar-refractivity contribution >= 4 is 23.4 Å². The van der Waals surface area contributed by atoms with Crippen molar-refractivity contribution in [1.29, 1.82) is 0 Å². The maximum atomic E-state index is 6.36. The summed E-state index contributed by atoms with van der Waals surface area (Å²) >= 11 is 8.11. The quantitative estimate of drug-likeness (QED) is 0.482. The van der Waals surface area contributed by atoms with Crippen molar-refractivity contribution in [2.24, 2.45) is 0 Å². The number of halogens is 1. The second-order valence-electron chi connectivity index (χ2n) is 6.00. The molecule has 1 atom stereocenters. The van der Waals surface area contributed by atoms with Gasteiger partial charge in [0.05, 0.1) is 5.02 Å².